The summed E-state index contributed by atoms with van der Waals surface area (Å²) in [5, 5.41) is 4.63. The van der Waals surface area contributed by atoms with E-state index in [0.29, 0.717) is 17.1 Å². The quantitative estimate of drug-likeness (QED) is 0.827. The zero-order valence-corrected chi connectivity index (χ0v) is 14.9. The van der Waals surface area contributed by atoms with Crippen molar-refractivity contribution in [2.75, 3.05) is 20.6 Å². The molecule has 1 aromatic carbocycles. The summed E-state index contributed by atoms with van der Waals surface area (Å²) in [6.45, 7) is 0.347. The minimum absolute atomic E-state index is 0.0197. The van der Waals surface area contributed by atoms with Crippen molar-refractivity contribution in [1.29, 1.82) is 0 Å². The summed E-state index contributed by atoms with van der Waals surface area (Å²) in [6.07, 6.45) is 0. The highest BCUT2D eigenvalue weighted by Crippen LogP contribution is 2.20. The number of likely N-dealkylation sites (N-methyl/N-ethyl adjacent to an activating group) is 1. The molecule has 2 aromatic rings. The van der Waals surface area contributed by atoms with Crippen LogP contribution in [0.4, 0.5) is 0 Å². The third-order valence-corrected chi connectivity index (χ3v) is 5.59. The molecule has 7 heteroatoms. The molecule has 0 saturated carbocycles. The van der Waals surface area contributed by atoms with E-state index in [9.17, 15) is 8.42 Å². The lowest BCUT2D eigenvalue weighted by Crippen LogP contribution is -2.35. The molecule has 2 rings (SSSR count). The van der Waals surface area contributed by atoms with Crippen LogP contribution in [0.2, 0.25) is 5.02 Å². The Hall–Kier alpha value is -0.920. The smallest absolute Gasteiger partial charge is 0.215 e. The molecule has 1 aromatic heterocycles. The van der Waals surface area contributed by atoms with E-state index >= 15 is 0 Å². The first-order valence-electron chi connectivity index (χ1n) is 6.78. The molecular formula is C15H19ClN2O2S2. The van der Waals surface area contributed by atoms with E-state index in [2.05, 4.69) is 4.72 Å². The standard InChI is InChI=1S/C15H19ClN2O2S2/c1-18(2)15(13-7-8-21-10-13)9-17-22(19,20)11-12-3-5-14(16)6-4-12/h3-8,10,15,17H,9,11H2,1-2H3/t15-/m0/s1. The van der Waals surface area contributed by atoms with Gasteiger partial charge in [-0.2, -0.15) is 11.3 Å². The van der Waals surface area contributed by atoms with Gasteiger partial charge in [0.25, 0.3) is 0 Å². The molecule has 0 aliphatic heterocycles. The largest absolute Gasteiger partial charge is 0.301 e. The van der Waals surface area contributed by atoms with Crippen LogP contribution in [-0.2, 0) is 15.8 Å². The Morgan fingerprint density at radius 2 is 1.91 bits per heavy atom. The third kappa shape index (κ3) is 5.07. The van der Waals surface area contributed by atoms with E-state index in [4.69, 9.17) is 11.6 Å². The minimum atomic E-state index is -3.38. The highest BCUT2D eigenvalue weighted by molar-refractivity contribution is 7.88. The van der Waals surface area contributed by atoms with E-state index in [1.807, 2.05) is 35.8 Å². The van der Waals surface area contributed by atoms with Gasteiger partial charge in [0.05, 0.1) is 5.75 Å². The van der Waals surface area contributed by atoms with Crippen molar-refractivity contribution in [2.45, 2.75) is 11.8 Å². The summed E-state index contributed by atoms with van der Waals surface area (Å²) in [5.41, 5.74) is 1.83. The lowest BCUT2D eigenvalue weighted by atomic mass is 10.1. The Morgan fingerprint density at radius 1 is 1.23 bits per heavy atom. The van der Waals surface area contributed by atoms with Gasteiger partial charge in [-0.1, -0.05) is 23.7 Å². The highest BCUT2D eigenvalue weighted by Gasteiger charge is 2.18. The lowest BCUT2D eigenvalue weighted by Gasteiger charge is -2.24. The molecule has 1 atom stereocenters. The van der Waals surface area contributed by atoms with Crippen LogP contribution in [0, 0.1) is 0 Å². The highest BCUT2D eigenvalue weighted by atomic mass is 35.5. The Morgan fingerprint density at radius 3 is 2.45 bits per heavy atom. The Kier molecular flexibility index (Phi) is 6.00. The number of halogens is 1. The number of nitrogens with zero attached hydrogens (tertiary/aromatic N) is 1. The number of hydrogen-bond acceptors (Lipinski definition) is 4. The van der Waals surface area contributed by atoms with Crippen molar-refractivity contribution in [3.8, 4) is 0 Å². The molecule has 0 bridgehead atoms. The van der Waals surface area contributed by atoms with Gasteiger partial charge < -0.3 is 4.90 Å². The molecule has 0 spiro atoms. The molecule has 120 valence electrons. The van der Waals surface area contributed by atoms with Crippen molar-refractivity contribution < 1.29 is 8.42 Å². The fourth-order valence-electron chi connectivity index (χ4n) is 2.12. The van der Waals surface area contributed by atoms with Gasteiger partial charge in [-0.3, -0.25) is 0 Å². The van der Waals surface area contributed by atoms with Crippen LogP contribution in [-0.4, -0.2) is 34.0 Å². The molecule has 0 aliphatic rings. The van der Waals surface area contributed by atoms with Gasteiger partial charge in [0.2, 0.25) is 10.0 Å². The van der Waals surface area contributed by atoms with Crippen molar-refractivity contribution in [3.05, 3.63) is 57.2 Å². The maximum absolute atomic E-state index is 12.2. The van der Waals surface area contributed by atoms with Crippen molar-refractivity contribution in [1.82, 2.24) is 9.62 Å². The Balaban J connectivity index is 2.00. The minimum Gasteiger partial charge on any atom is -0.301 e. The first-order valence-corrected chi connectivity index (χ1v) is 9.75. The first kappa shape index (κ1) is 17.4. The monoisotopic (exact) mass is 358 g/mol. The predicted molar refractivity (Wildman–Crippen MR) is 92.8 cm³/mol. The summed E-state index contributed by atoms with van der Waals surface area (Å²) in [6, 6.07) is 8.88. The fourth-order valence-corrected chi connectivity index (χ4v) is 4.10. The zero-order chi connectivity index (χ0) is 16.2. The van der Waals surface area contributed by atoms with Crippen LogP contribution in [0.3, 0.4) is 0 Å². The number of nitrogens with one attached hydrogen (secondary N) is 1. The maximum atomic E-state index is 12.2. The summed E-state index contributed by atoms with van der Waals surface area (Å²) < 4.78 is 27.1. The first-order chi connectivity index (χ1) is 10.4. The lowest BCUT2D eigenvalue weighted by molar-refractivity contribution is 0.300. The number of sulfonamides is 1. The van der Waals surface area contributed by atoms with Gasteiger partial charge in [0.15, 0.2) is 0 Å². The summed E-state index contributed by atoms with van der Waals surface area (Å²) >= 11 is 7.41. The molecule has 0 fully saturated rings. The number of rotatable bonds is 7. The zero-order valence-electron chi connectivity index (χ0n) is 12.5. The molecule has 0 aliphatic carbocycles. The van der Waals surface area contributed by atoms with Gasteiger partial charge in [0, 0.05) is 17.6 Å². The second kappa shape index (κ2) is 7.57. The normalized spacial score (nSPS) is 13.5. The molecule has 1 N–H and O–H groups in total. The van der Waals surface area contributed by atoms with Gasteiger partial charge in [-0.25, -0.2) is 13.1 Å². The van der Waals surface area contributed by atoms with Crippen LogP contribution in [0.1, 0.15) is 17.2 Å². The van der Waals surface area contributed by atoms with Crippen LogP contribution in [0.25, 0.3) is 0 Å². The average molecular weight is 359 g/mol. The number of benzene rings is 1. The summed E-state index contributed by atoms with van der Waals surface area (Å²) in [7, 11) is 0.497. The van der Waals surface area contributed by atoms with Crippen LogP contribution >= 0.6 is 22.9 Å². The average Bonchev–Trinajstić information content (AvgIpc) is 2.95. The van der Waals surface area contributed by atoms with Gasteiger partial charge in [-0.05, 0) is 54.2 Å². The molecule has 1 heterocycles. The second-order valence-corrected chi connectivity index (χ2v) is 8.29. The summed E-state index contributed by atoms with van der Waals surface area (Å²) in [5.74, 6) is -0.0477. The Labute approximate surface area is 140 Å². The third-order valence-electron chi connectivity index (χ3n) is 3.32. The van der Waals surface area contributed by atoms with Crippen LogP contribution in [0.15, 0.2) is 41.1 Å². The second-order valence-electron chi connectivity index (χ2n) is 5.27. The van der Waals surface area contributed by atoms with E-state index in [-0.39, 0.29) is 11.8 Å². The maximum Gasteiger partial charge on any atom is 0.215 e. The van der Waals surface area contributed by atoms with Gasteiger partial charge >= 0.3 is 0 Å². The van der Waals surface area contributed by atoms with E-state index < -0.39 is 10.0 Å². The van der Waals surface area contributed by atoms with E-state index in [1.54, 1.807) is 35.6 Å². The number of hydrogen-bond donors (Lipinski definition) is 1. The molecule has 22 heavy (non-hydrogen) atoms. The Bertz CT molecular complexity index is 683. The fraction of sp³-hybridized carbons (Fsp3) is 0.333. The molecule has 0 saturated heterocycles. The molecule has 4 nitrogen and oxygen atoms in total. The topological polar surface area (TPSA) is 49.4 Å². The van der Waals surface area contributed by atoms with E-state index in [1.165, 1.54) is 0 Å². The molecular weight excluding hydrogens is 340 g/mol. The summed E-state index contributed by atoms with van der Waals surface area (Å²) in [4.78, 5) is 2.01. The molecule has 0 amide bonds. The van der Waals surface area contributed by atoms with Crippen molar-refractivity contribution in [3.63, 3.8) is 0 Å². The number of thiophene rings is 1. The predicted octanol–water partition coefficient (Wildman–Crippen LogP) is 3.12. The van der Waals surface area contributed by atoms with Crippen LogP contribution in [0.5, 0.6) is 0 Å². The van der Waals surface area contributed by atoms with Crippen molar-refractivity contribution >= 4 is 33.0 Å². The SMILES string of the molecule is CN(C)[C@@H](CNS(=O)(=O)Cc1ccc(Cl)cc1)c1ccsc1. The van der Waals surface area contributed by atoms with Gasteiger partial charge in [0.1, 0.15) is 0 Å². The van der Waals surface area contributed by atoms with E-state index in [0.717, 1.165) is 5.56 Å². The molecule has 0 radical (unpaired) electrons. The van der Waals surface area contributed by atoms with Gasteiger partial charge in [-0.15, -0.1) is 0 Å². The van der Waals surface area contributed by atoms with Crippen molar-refractivity contribution in [2.24, 2.45) is 0 Å². The van der Waals surface area contributed by atoms with Crippen LogP contribution < -0.4 is 4.72 Å². The molecule has 0 unspecified atom stereocenters.